The molecule has 0 saturated carbocycles. The van der Waals surface area contributed by atoms with Crippen molar-refractivity contribution in [2.45, 2.75) is 27.3 Å². The van der Waals surface area contributed by atoms with Crippen molar-refractivity contribution in [3.63, 3.8) is 0 Å². The molecular formula is C19H18ClN3O3S. The van der Waals surface area contributed by atoms with Crippen LogP contribution in [0.4, 0.5) is 11.4 Å². The third-order valence-corrected chi connectivity index (χ3v) is 5.20. The summed E-state index contributed by atoms with van der Waals surface area (Å²) in [6.07, 6.45) is 1.67. The largest absolute Gasteiger partial charge is 0.457 e. The van der Waals surface area contributed by atoms with Crippen LogP contribution in [0.15, 0.2) is 36.5 Å². The number of ether oxygens (including phenoxy) is 1. The lowest BCUT2D eigenvalue weighted by Crippen LogP contribution is -2.00. The third kappa shape index (κ3) is 4.75. The van der Waals surface area contributed by atoms with Crippen LogP contribution in [-0.2, 0) is 6.54 Å². The van der Waals surface area contributed by atoms with E-state index in [1.165, 1.54) is 23.5 Å². The third-order valence-electron chi connectivity index (χ3n) is 4.09. The number of nitrogens with one attached hydrogen (secondary N) is 1. The second-order valence-electron chi connectivity index (χ2n) is 6.21. The molecule has 0 unspecified atom stereocenters. The van der Waals surface area contributed by atoms with Gasteiger partial charge in [0.2, 0.25) is 0 Å². The number of hydrogen-bond acceptors (Lipinski definition) is 6. The minimum Gasteiger partial charge on any atom is -0.457 e. The van der Waals surface area contributed by atoms with Crippen molar-refractivity contribution in [1.29, 1.82) is 0 Å². The summed E-state index contributed by atoms with van der Waals surface area (Å²) in [5.41, 5.74) is 3.72. The van der Waals surface area contributed by atoms with Crippen molar-refractivity contribution >= 4 is 34.3 Å². The standard InChI is InChI=1S/C19H18ClN3O3S/c1-11-4-12(2)13(3)18(5-11)26-16-7-14(6-15(8-16)23(24)25)21-9-17-10-22-19(20)27-17/h4-8,10,21H,9H2,1-3H3. The molecule has 3 aromatic rings. The molecule has 0 fully saturated rings. The summed E-state index contributed by atoms with van der Waals surface area (Å²) >= 11 is 7.19. The normalized spacial score (nSPS) is 10.7. The van der Waals surface area contributed by atoms with E-state index in [0.717, 1.165) is 21.6 Å². The number of nitrogens with zero attached hydrogens (tertiary/aromatic N) is 2. The van der Waals surface area contributed by atoms with Gasteiger partial charge in [0.25, 0.3) is 5.69 Å². The van der Waals surface area contributed by atoms with E-state index in [4.69, 9.17) is 16.3 Å². The number of benzene rings is 2. The van der Waals surface area contributed by atoms with E-state index in [1.807, 2.05) is 26.8 Å². The summed E-state index contributed by atoms with van der Waals surface area (Å²) < 4.78 is 6.44. The SMILES string of the molecule is Cc1cc(C)c(C)c(Oc2cc(NCc3cnc(Cl)s3)cc([N+](=O)[O-])c2)c1. The van der Waals surface area contributed by atoms with Gasteiger partial charge in [0.15, 0.2) is 4.47 Å². The van der Waals surface area contributed by atoms with Gasteiger partial charge in [-0.15, -0.1) is 11.3 Å². The van der Waals surface area contributed by atoms with Crippen LogP contribution in [0.5, 0.6) is 11.5 Å². The summed E-state index contributed by atoms with van der Waals surface area (Å²) in [6, 6.07) is 8.64. The average molecular weight is 404 g/mol. The molecule has 0 bridgehead atoms. The van der Waals surface area contributed by atoms with E-state index < -0.39 is 4.92 Å². The van der Waals surface area contributed by atoms with Gasteiger partial charge >= 0.3 is 0 Å². The number of nitro benzene ring substituents is 1. The molecule has 8 heteroatoms. The Kier molecular flexibility index (Phi) is 5.62. The Morgan fingerprint density at radius 1 is 1.22 bits per heavy atom. The van der Waals surface area contributed by atoms with Crippen LogP contribution < -0.4 is 10.1 Å². The van der Waals surface area contributed by atoms with E-state index in [1.54, 1.807) is 12.3 Å². The first kappa shape index (κ1) is 19.1. The number of thiazole rings is 1. The zero-order chi connectivity index (χ0) is 19.6. The first-order valence-electron chi connectivity index (χ1n) is 8.21. The summed E-state index contributed by atoms with van der Waals surface area (Å²) in [5, 5.41) is 14.5. The zero-order valence-corrected chi connectivity index (χ0v) is 16.6. The Hall–Kier alpha value is -2.64. The van der Waals surface area contributed by atoms with Crippen LogP contribution in [0.25, 0.3) is 0 Å². The zero-order valence-electron chi connectivity index (χ0n) is 15.1. The Labute approximate surface area is 165 Å². The van der Waals surface area contributed by atoms with Gasteiger partial charge in [-0.25, -0.2) is 4.98 Å². The molecule has 27 heavy (non-hydrogen) atoms. The quantitative estimate of drug-likeness (QED) is 0.401. The Morgan fingerprint density at radius 3 is 2.67 bits per heavy atom. The smallest absolute Gasteiger partial charge is 0.275 e. The molecule has 0 atom stereocenters. The molecule has 0 aliphatic carbocycles. The summed E-state index contributed by atoms with van der Waals surface area (Å²) in [5.74, 6) is 1.09. The van der Waals surface area contributed by atoms with Crippen LogP contribution in [-0.4, -0.2) is 9.91 Å². The van der Waals surface area contributed by atoms with E-state index in [0.29, 0.717) is 28.2 Å². The predicted octanol–water partition coefficient (Wildman–Crippen LogP) is 6.03. The van der Waals surface area contributed by atoms with Crippen molar-refractivity contribution in [1.82, 2.24) is 4.98 Å². The van der Waals surface area contributed by atoms with Crippen LogP contribution in [0.1, 0.15) is 21.6 Å². The predicted molar refractivity (Wildman–Crippen MR) is 108 cm³/mol. The van der Waals surface area contributed by atoms with Gasteiger partial charge in [0, 0.05) is 28.9 Å². The number of aromatic nitrogens is 1. The Morgan fingerprint density at radius 2 is 2.00 bits per heavy atom. The summed E-state index contributed by atoms with van der Waals surface area (Å²) in [6.45, 7) is 6.43. The summed E-state index contributed by atoms with van der Waals surface area (Å²) in [4.78, 5) is 15.8. The number of aryl methyl sites for hydroxylation is 2. The molecule has 1 heterocycles. The van der Waals surface area contributed by atoms with Gasteiger partial charge < -0.3 is 10.1 Å². The van der Waals surface area contributed by atoms with Crippen LogP contribution in [0, 0.1) is 30.9 Å². The van der Waals surface area contributed by atoms with Crippen molar-refractivity contribution in [2.24, 2.45) is 0 Å². The number of halogens is 1. The lowest BCUT2D eigenvalue weighted by molar-refractivity contribution is -0.384. The lowest BCUT2D eigenvalue weighted by atomic mass is 10.1. The molecular weight excluding hydrogens is 386 g/mol. The fourth-order valence-electron chi connectivity index (χ4n) is 2.64. The van der Waals surface area contributed by atoms with Crippen molar-refractivity contribution in [3.05, 3.63) is 72.7 Å². The molecule has 1 N–H and O–H groups in total. The maximum absolute atomic E-state index is 11.3. The Balaban J connectivity index is 1.88. The molecule has 0 aliphatic rings. The molecule has 140 valence electrons. The van der Waals surface area contributed by atoms with Crippen LogP contribution in [0.2, 0.25) is 4.47 Å². The first-order valence-corrected chi connectivity index (χ1v) is 9.40. The highest BCUT2D eigenvalue weighted by molar-refractivity contribution is 7.15. The highest BCUT2D eigenvalue weighted by Gasteiger charge is 2.13. The fourth-order valence-corrected chi connectivity index (χ4v) is 3.56. The number of non-ortho nitro benzene ring substituents is 1. The van der Waals surface area contributed by atoms with E-state index in [9.17, 15) is 10.1 Å². The van der Waals surface area contributed by atoms with Gasteiger partial charge in [-0.1, -0.05) is 17.7 Å². The molecule has 0 amide bonds. The molecule has 0 radical (unpaired) electrons. The Bertz CT molecular complexity index is 1000. The van der Waals surface area contributed by atoms with E-state index >= 15 is 0 Å². The number of rotatable bonds is 6. The minimum absolute atomic E-state index is 0.0423. The van der Waals surface area contributed by atoms with Gasteiger partial charge in [0.05, 0.1) is 17.5 Å². The number of hydrogen-bond donors (Lipinski definition) is 1. The number of anilines is 1. The van der Waals surface area contributed by atoms with Crippen molar-refractivity contribution in [3.8, 4) is 11.5 Å². The van der Waals surface area contributed by atoms with E-state index in [-0.39, 0.29) is 5.69 Å². The molecule has 0 spiro atoms. The highest BCUT2D eigenvalue weighted by Crippen LogP contribution is 2.33. The average Bonchev–Trinajstić information content (AvgIpc) is 3.02. The second kappa shape index (κ2) is 7.94. The van der Waals surface area contributed by atoms with Gasteiger partial charge in [-0.2, -0.15) is 0 Å². The topological polar surface area (TPSA) is 77.3 Å². The molecule has 1 aromatic heterocycles. The minimum atomic E-state index is -0.435. The van der Waals surface area contributed by atoms with Gasteiger partial charge in [0.1, 0.15) is 11.5 Å². The monoisotopic (exact) mass is 403 g/mol. The molecule has 0 aliphatic heterocycles. The second-order valence-corrected chi connectivity index (χ2v) is 7.91. The van der Waals surface area contributed by atoms with Crippen LogP contribution in [0.3, 0.4) is 0 Å². The maximum Gasteiger partial charge on any atom is 0.275 e. The maximum atomic E-state index is 11.3. The van der Waals surface area contributed by atoms with Crippen molar-refractivity contribution < 1.29 is 9.66 Å². The highest BCUT2D eigenvalue weighted by atomic mass is 35.5. The number of nitro groups is 1. The summed E-state index contributed by atoms with van der Waals surface area (Å²) in [7, 11) is 0. The van der Waals surface area contributed by atoms with Crippen LogP contribution >= 0.6 is 22.9 Å². The van der Waals surface area contributed by atoms with Gasteiger partial charge in [-0.05, 0) is 43.5 Å². The molecule has 3 rings (SSSR count). The first-order chi connectivity index (χ1) is 12.8. The van der Waals surface area contributed by atoms with Gasteiger partial charge in [-0.3, -0.25) is 10.1 Å². The molecule has 6 nitrogen and oxygen atoms in total. The molecule has 0 saturated heterocycles. The lowest BCUT2D eigenvalue weighted by Gasteiger charge is -2.13. The fraction of sp³-hybridized carbons (Fsp3) is 0.211. The van der Waals surface area contributed by atoms with E-state index in [2.05, 4.69) is 16.4 Å². The molecule has 2 aromatic carbocycles. The van der Waals surface area contributed by atoms with Crippen molar-refractivity contribution in [2.75, 3.05) is 5.32 Å².